The van der Waals surface area contributed by atoms with Crippen molar-refractivity contribution in [1.82, 2.24) is 0 Å². The van der Waals surface area contributed by atoms with Gasteiger partial charge in [0.05, 0.1) is 0 Å². The van der Waals surface area contributed by atoms with E-state index in [0.29, 0.717) is 70.6 Å². The second kappa shape index (κ2) is 8.79. The van der Waals surface area contributed by atoms with E-state index in [2.05, 4.69) is 0 Å². The van der Waals surface area contributed by atoms with Crippen molar-refractivity contribution in [2.45, 2.75) is 82.8 Å². The maximum absolute atomic E-state index is 11.8. The Hall–Kier alpha value is -1.72. The number of carbonyl (C=O) groups is 4. The lowest BCUT2D eigenvalue weighted by Gasteiger charge is -2.09. The highest BCUT2D eigenvalue weighted by Gasteiger charge is 2.24. The van der Waals surface area contributed by atoms with E-state index in [1.54, 1.807) is 0 Å². The smallest absolute Gasteiger partial charge is 0.306 e. The number of rotatable bonds is 10. The minimum atomic E-state index is -0.180. The summed E-state index contributed by atoms with van der Waals surface area (Å²) in [5, 5.41) is 0. The highest BCUT2D eigenvalue weighted by Crippen LogP contribution is 2.20. The number of carbonyl (C=O) groups excluding carboxylic acids is 4. The predicted molar refractivity (Wildman–Crippen MR) is 80.6 cm³/mol. The molecule has 2 atom stereocenters. The molecule has 2 rings (SSSR count). The molecule has 2 fully saturated rings. The fourth-order valence-electron chi connectivity index (χ4n) is 2.95. The van der Waals surface area contributed by atoms with Crippen LogP contribution >= 0.6 is 0 Å². The van der Waals surface area contributed by atoms with E-state index in [9.17, 15) is 19.2 Å². The van der Waals surface area contributed by atoms with Gasteiger partial charge >= 0.3 is 11.9 Å². The average Bonchev–Trinajstić information content (AvgIpc) is 3.11. The van der Waals surface area contributed by atoms with Crippen molar-refractivity contribution in [3.63, 3.8) is 0 Å². The number of hydrogen-bond donors (Lipinski definition) is 0. The number of Topliss-reactive ketones (excluding diaryl/α,β-unsaturated/α-hetero) is 2. The van der Waals surface area contributed by atoms with Crippen molar-refractivity contribution in [3.8, 4) is 0 Å². The molecule has 0 amide bonds. The first-order chi connectivity index (χ1) is 11.0. The Kier molecular flexibility index (Phi) is 6.74. The van der Waals surface area contributed by atoms with Gasteiger partial charge in [-0.1, -0.05) is 0 Å². The average molecular weight is 324 g/mol. The third kappa shape index (κ3) is 6.50. The van der Waals surface area contributed by atoms with E-state index in [4.69, 9.17) is 9.47 Å². The molecule has 0 spiro atoms. The van der Waals surface area contributed by atoms with Gasteiger partial charge in [0, 0.05) is 38.5 Å². The Morgan fingerprint density at radius 1 is 0.783 bits per heavy atom. The first-order valence-electron chi connectivity index (χ1n) is 8.45. The number of ether oxygens (including phenoxy) is 2. The fraction of sp³-hybridized carbons (Fsp3) is 0.765. The highest BCUT2D eigenvalue weighted by atomic mass is 16.6. The predicted octanol–water partition coefficient (Wildman–Crippen LogP) is 2.27. The van der Waals surface area contributed by atoms with Gasteiger partial charge in [0.25, 0.3) is 0 Å². The molecule has 0 bridgehead atoms. The third-order valence-electron chi connectivity index (χ3n) is 4.34. The van der Waals surface area contributed by atoms with Crippen molar-refractivity contribution < 1.29 is 28.7 Å². The summed E-state index contributed by atoms with van der Waals surface area (Å²) in [6.07, 6.45) is 5.43. The zero-order valence-corrected chi connectivity index (χ0v) is 13.4. The lowest BCUT2D eigenvalue weighted by molar-refractivity contribution is -0.142. The summed E-state index contributed by atoms with van der Waals surface area (Å²) in [4.78, 5) is 45.4. The Bertz CT molecular complexity index is 428. The van der Waals surface area contributed by atoms with Crippen LogP contribution in [0.3, 0.4) is 0 Å². The Labute approximate surface area is 135 Å². The molecular weight excluding hydrogens is 300 g/mol. The molecule has 2 unspecified atom stereocenters. The van der Waals surface area contributed by atoms with Crippen LogP contribution in [-0.4, -0.2) is 35.7 Å². The van der Waals surface area contributed by atoms with E-state index >= 15 is 0 Å². The lowest BCUT2D eigenvalue weighted by Crippen LogP contribution is -2.11. The van der Waals surface area contributed by atoms with Crippen LogP contribution in [0.2, 0.25) is 0 Å². The van der Waals surface area contributed by atoms with Crippen LogP contribution in [0.4, 0.5) is 0 Å². The van der Waals surface area contributed by atoms with Crippen LogP contribution < -0.4 is 0 Å². The second-order valence-electron chi connectivity index (χ2n) is 6.31. The number of cyclic esters (lactones) is 2. The lowest BCUT2D eigenvalue weighted by atomic mass is 10.0. The fourth-order valence-corrected chi connectivity index (χ4v) is 2.95. The van der Waals surface area contributed by atoms with Crippen molar-refractivity contribution in [2.24, 2.45) is 0 Å². The maximum atomic E-state index is 11.8. The molecule has 0 N–H and O–H groups in total. The van der Waals surface area contributed by atoms with Crippen LogP contribution in [0.15, 0.2) is 0 Å². The van der Waals surface area contributed by atoms with Gasteiger partial charge in [0.15, 0.2) is 0 Å². The van der Waals surface area contributed by atoms with Crippen LogP contribution in [0.25, 0.3) is 0 Å². The van der Waals surface area contributed by atoms with E-state index in [1.807, 2.05) is 0 Å². The van der Waals surface area contributed by atoms with Crippen LogP contribution in [0.5, 0.6) is 0 Å². The largest absolute Gasteiger partial charge is 0.462 e. The van der Waals surface area contributed by atoms with Crippen molar-refractivity contribution >= 4 is 23.5 Å². The maximum Gasteiger partial charge on any atom is 0.306 e. The van der Waals surface area contributed by atoms with Crippen molar-refractivity contribution in [1.29, 1.82) is 0 Å². The molecule has 128 valence electrons. The molecule has 2 aliphatic heterocycles. The summed E-state index contributed by atoms with van der Waals surface area (Å²) in [5.41, 5.74) is 0. The molecule has 2 aliphatic rings. The van der Waals surface area contributed by atoms with Gasteiger partial charge in [-0.2, -0.15) is 0 Å². The quantitative estimate of drug-likeness (QED) is 0.573. The summed E-state index contributed by atoms with van der Waals surface area (Å²) in [7, 11) is 0. The highest BCUT2D eigenvalue weighted by molar-refractivity contribution is 5.81. The molecule has 0 aromatic heterocycles. The molecule has 0 aliphatic carbocycles. The third-order valence-corrected chi connectivity index (χ3v) is 4.34. The Morgan fingerprint density at radius 3 is 1.57 bits per heavy atom. The molecule has 0 radical (unpaired) electrons. The SMILES string of the molecule is O=C(CCCC(=O)CCC1CCC(=O)O1)CCC1CCC(=O)O1. The molecule has 6 heteroatoms. The zero-order valence-electron chi connectivity index (χ0n) is 13.4. The van der Waals surface area contributed by atoms with Gasteiger partial charge in [-0.25, -0.2) is 0 Å². The van der Waals surface area contributed by atoms with Gasteiger partial charge in [0.1, 0.15) is 23.8 Å². The monoisotopic (exact) mass is 324 g/mol. The standard InChI is InChI=1S/C17H24O6/c18-12(4-6-14-8-10-16(20)22-14)2-1-3-13(19)5-7-15-9-11-17(21)23-15/h14-15H,1-11H2. The first-order valence-corrected chi connectivity index (χ1v) is 8.45. The Morgan fingerprint density at radius 2 is 1.22 bits per heavy atom. The molecular formula is C17H24O6. The molecule has 6 nitrogen and oxygen atoms in total. The Balaban J connectivity index is 1.48. The number of ketones is 2. The minimum absolute atomic E-state index is 0.109. The topological polar surface area (TPSA) is 86.7 Å². The van der Waals surface area contributed by atoms with E-state index < -0.39 is 0 Å². The zero-order chi connectivity index (χ0) is 16.7. The molecule has 23 heavy (non-hydrogen) atoms. The van der Waals surface area contributed by atoms with Gasteiger partial charge in [-0.05, 0) is 32.1 Å². The molecule has 0 aromatic rings. The molecule has 0 aromatic carbocycles. The summed E-state index contributed by atoms with van der Waals surface area (Å²) >= 11 is 0. The van der Waals surface area contributed by atoms with Gasteiger partial charge < -0.3 is 9.47 Å². The van der Waals surface area contributed by atoms with E-state index in [-0.39, 0.29) is 35.7 Å². The summed E-state index contributed by atoms with van der Waals surface area (Å²) in [5.74, 6) is -0.127. The number of esters is 2. The van der Waals surface area contributed by atoms with E-state index in [0.717, 1.165) is 0 Å². The van der Waals surface area contributed by atoms with Gasteiger partial charge in [-0.15, -0.1) is 0 Å². The summed E-state index contributed by atoms with van der Waals surface area (Å²) < 4.78 is 10.1. The second-order valence-corrected chi connectivity index (χ2v) is 6.31. The van der Waals surface area contributed by atoms with Gasteiger partial charge in [0.2, 0.25) is 0 Å². The molecule has 2 saturated heterocycles. The van der Waals surface area contributed by atoms with Gasteiger partial charge in [-0.3, -0.25) is 19.2 Å². The van der Waals surface area contributed by atoms with Crippen LogP contribution in [-0.2, 0) is 28.7 Å². The molecule has 2 heterocycles. The summed E-state index contributed by atoms with van der Waals surface area (Å²) in [6, 6.07) is 0. The normalized spacial score (nSPS) is 23.7. The summed E-state index contributed by atoms with van der Waals surface area (Å²) in [6.45, 7) is 0. The van der Waals surface area contributed by atoms with Crippen LogP contribution in [0, 0.1) is 0 Å². The van der Waals surface area contributed by atoms with E-state index in [1.165, 1.54) is 0 Å². The first kappa shape index (κ1) is 17.6. The van der Waals surface area contributed by atoms with Crippen molar-refractivity contribution in [3.05, 3.63) is 0 Å². The molecule has 0 saturated carbocycles. The number of hydrogen-bond acceptors (Lipinski definition) is 6. The van der Waals surface area contributed by atoms with Crippen molar-refractivity contribution in [2.75, 3.05) is 0 Å². The minimum Gasteiger partial charge on any atom is -0.462 e. The van der Waals surface area contributed by atoms with Crippen LogP contribution in [0.1, 0.15) is 70.6 Å².